The minimum Gasteiger partial charge on any atom is -0.168 e. The van der Waals surface area contributed by atoms with Gasteiger partial charge in [-0.15, -0.1) is 35.3 Å². The summed E-state index contributed by atoms with van der Waals surface area (Å²) in [6, 6.07) is 0. The molecule has 0 aliphatic carbocycles. The number of thioether (sulfide) groups is 3. The van der Waals surface area contributed by atoms with E-state index in [2.05, 4.69) is 25.3 Å². The standard InChI is InChI=1S/C3H4S3.C3H8S3/c4-3-5-1-2-6-3;1-3(5)6-2-4/h1-2H2;3-5H,2H2,1H3. The summed E-state index contributed by atoms with van der Waals surface area (Å²) >= 11 is 18.2. The van der Waals surface area contributed by atoms with E-state index < -0.39 is 0 Å². The molecule has 1 heterocycles. The predicted molar refractivity (Wildman–Crippen MR) is 77.4 cm³/mol. The lowest BCUT2D eigenvalue weighted by Crippen LogP contribution is -1.78. The van der Waals surface area contributed by atoms with Gasteiger partial charge in [0.2, 0.25) is 0 Å². The van der Waals surface area contributed by atoms with Crippen molar-refractivity contribution in [3.63, 3.8) is 0 Å². The maximum Gasteiger partial charge on any atom is 0.104 e. The molecule has 1 fully saturated rings. The Morgan fingerprint density at radius 2 is 2.08 bits per heavy atom. The zero-order valence-corrected chi connectivity index (χ0v) is 11.8. The van der Waals surface area contributed by atoms with E-state index in [0.29, 0.717) is 4.58 Å². The van der Waals surface area contributed by atoms with Gasteiger partial charge >= 0.3 is 0 Å². The zero-order chi connectivity index (χ0) is 9.40. The van der Waals surface area contributed by atoms with Crippen LogP contribution in [-0.4, -0.2) is 24.7 Å². The molecule has 1 atom stereocenters. The van der Waals surface area contributed by atoms with Gasteiger partial charge in [-0.25, -0.2) is 0 Å². The summed E-state index contributed by atoms with van der Waals surface area (Å²) in [5, 5.41) is 0.866. The van der Waals surface area contributed by atoms with Crippen LogP contribution in [0.25, 0.3) is 0 Å². The molecular formula is C6H12S6. The Hall–Kier alpha value is 1.84. The highest BCUT2D eigenvalue weighted by Crippen LogP contribution is 2.25. The third-order valence-corrected chi connectivity index (χ3v) is 5.33. The highest BCUT2D eigenvalue weighted by molar-refractivity contribution is 8.49. The second-order valence-corrected chi connectivity index (χ2v) is 8.43. The highest BCUT2D eigenvalue weighted by Gasteiger charge is 2.04. The first-order chi connectivity index (χ1) is 5.66. The van der Waals surface area contributed by atoms with Gasteiger partial charge in [-0.05, 0) is 6.92 Å². The third kappa shape index (κ3) is 9.92. The van der Waals surface area contributed by atoms with Gasteiger partial charge < -0.3 is 0 Å². The van der Waals surface area contributed by atoms with Crippen LogP contribution in [-0.2, 0) is 0 Å². The molecule has 0 amide bonds. The Balaban J connectivity index is 0.000000202. The lowest BCUT2D eigenvalue weighted by Gasteiger charge is -1.95. The van der Waals surface area contributed by atoms with Crippen LogP contribution < -0.4 is 0 Å². The van der Waals surface area contributed by atoms with Gasteiger partial charge in [0.15, 0.2) is 0 Å². The summed E-state index contributed by atoms with van der Waals surface area (Å²) < 4.78 is 1.55. The molecule has 0 aromatic carbocycles. The Bertz CT molecular complexity index is 115. The van der Waals surface area contributed by atoms with Gasteiger partial charge in [-0.3, -0.25) is 0 Å². The fourth-order valence-corrected chi connectivity index (χ4v) is 4.20. The topological polar surface area (TPSA) is 0 Å². The van der Waals surface area contributed by atoms with Crippen LogP contribution in [0.2, 0.25) is 0 Å². The summed E-state index contributed by atoms with van der Waals surface area (Å²) in [6.07, 6.45) is 0. The Morgan fingerprint density at radius 1 is 1.58 bits per heavy atom. The minimum atomic E-state index is 0.433. The van der Waals surface area contributed by atoms with Crippen molar-refractivity contribution in [1.82, 2.24) is 0 Å². The van der Waals surface area contributed by atoms with Gasteiger partial charge in [0.05, 0.1) is 0 Å². The van der Waals surface area contributed by atoms with Gasteiger partial charge in [-0.1, -0.05) is 12.2 Å². The summed E-state index contributed by atoms with van der Waals surface area (Å²) in [5.41, 5.74) is 0. The van der Waals surface area contributed by atoms with Gasteiger partial charge in [0.25, 0.3) is 0 Å². The molecule has 12 heavy (non-hydrogen) atoms. The van der Waals surface area contributed by atoms with Gasteiger partial charge in [0, 0.05) is 21.2 Å². The SMILES string of the molecule is CC(S)SCS.S=C1SCCS1. The third-order valence-electron chi connectivity index (χ3n) is 0.839. The molecule has 0 nitrogen and oxygen atoms in total. The van der Waals surface area contributed by atoms with Crippen molar-refractivity contribution >= 4 is 76.3 Å². The lowest BCUT2D eigenvalue weighted by atomic mass is 11.0. The number of hydrogen-bond acceptors (Lipinski definition) is 6. The summed E-state index contributed by atoms with van der Waals surface area (Å²) in [6.45, 7) is 2.03. The number of hydrogen-bond donors (Lipinski definition) is 2. The van der Waals surface area contributed by atoms with Crippen LogP contribution in [0.15, 0.2) is 0 Å². The van der Waals surface area contributed by atoms with Crippen LogP contribution in [0.1, 0.15) is 6.92 Å². The summed E-state index contributed by atoms with van der Waals surface area (Å²) in [5.74, 6) is 2.45. The Labute approximate surface area is 104 Å². The maximum absolute atomic E-state index is 4.84. The molecule has 6 heteroatoms. The molecule has 1 unspecified atom stereocenters. The maximum atomic E-state index is 4.84. The molecule has 0 bridgehead atoms. The molecule has 0 spiro atoms. The largest absolute Gasteiger partial charge is 0.168 e. The van der Waals surface area contributed by atoms with Crippen LogP contribution in [0, 0.1) is 0 Å². The number of rotatable bonds is 2. The smallest absolute Gasteiger partial charge is 0.104 e. The first-order valence-corrected chi connectivity index (χ1v) is 7.94. The Morgan fingerprint density at radius 3 is 2.17 bits per heavy atom. The van der Waals surface area contributed by atoms with Crippen molar-refractivity contribution in [3.8, 4) is 0 Å². The molecule has 1 rings (SSSR count). The minimum absolute atomic E-state index is 0.433. The van der Waals surface area contributed by atoms with Crippen molar-refractivity contribution in [3.05, 3.63) is 0 Å². The molecule has 1 aliphatic heterocycles. The molecule has 1 saturated heterocycles. The van der Waals surface area contributed by atoms with Crippen LogP contribution in [0.5, 0.6) is 0 Å². The average Bonchev–Trinajstić information content (AvgIpc) is 2.40. The quantitative estimate of drug-likeness (QED) is 0.449. The molecule has 0 radical (unpaired) electrons. The zero-order valence-electron chi connectivity index (χ0n) is 6.73. The van der Waals surface area contributed by atoms with Crippen LogP contribution in [0.3, 0.4) is 0 Å². The second kappa shape index (κ2) is 9.40. The first kappa shape index (κ1) is 13.8. The van der Waals surface area contributed by atoms with E-state index in [9.17, 15) is 0 Å². The summed E-state index contributed by atoms with van der Waals surface area (Å²) in [4.78, 5) is 0. The molecule has 0 saturated carbocycles. The van der Waals surface area contributed by atoms with Crippen molar-refractivity contribution < 1.29 is 0 Å². The van der Waals surface area contributed by atoms with Crippen LogP contribution >= 0.6 is 72.8 Å². The number of thiol groups is 2. The highest BCUT2D eigenvalue weighted by atomic mass is 32.2. The number of thiocarbonyl (C=S) groups is 1. The first-order valence-electron chi connectivity index (χ1n) is 3.37. The van der Waals surface area contributed by atoms with Crippen LogP contribution in [0.4, 0.5) is 0 Å². The fraction of sp³-hybridized carbons (Fsp3) is 0.833. The molecule has 1 aliphatic rings. The van der Waals surface area contributed by atoms with E-state index in [1.807, 2.05) is 6.92 Å². The lowest BCUT2D eigenvalue weighted by molar-refractivity contribution is 1.44. The van der Waals surface area contributed by atoms with Crippen molar-refractivity contribution in [2.45, 2.75) is 11.5 Å². The van der Waals surface area contributed by atoms with Crippen molar-refractivity contribution in [2.24, 2.45) is 0 Å². The van der Waals surface area contributed by atoms with E-state index in [4.69, 9.17) is 12.2 Å². The molecule has 72 valence electrons. The second-order valence-electron chi connectivity index (χ2n) is 1.84. The average molecular weight is 277 g/mol. The normalized spacial score (nSPS) is 18.4. The molecular weight excluding hydrogens is 264 g/mol. The van der Waals surface area contributed by atoms with Gasteiger partial charge in [-0.2, -0.15) is 25.3 Å². The van der Waals surface area contributed by atoms with E-state index in [1.54, 1.807) is 35.3 Å². The van der Waals surface area contributed by atoms with Gasteiger partial charge in [0.1, 0.15) is 3.53 Å². The predicted octanol–water partition coefficient (Wildman–Crippen LogP) is 3.63. The van der Waals surface area contributed by atoms with E-state index >= 15 is 0 Å². The van der Waals surface area contributed by atoms with Crippen molar-refractivity contribution in [2.75, 3.05) is 16.6 Å². The summed E-state index contributed by atoms with van der Waals surface area (Å²) in [7, 11) is 0. The molecule has 0 aromatic rings. The van der Waals surface area contributed by atoms with E-state index in [-0.39, 0.29) is 0 Å². The van der Waals surface area contributed by atoms with Crippen molar-refractivity contribution in [1.29, 1.82) is 0 Å². The monoisotopic (exact) mass is 276 g/mol. The molecule has 0 aromatic heterocycles. The molecule has 0 N–H and O–H groups in total. The van der Waals surface area contributed by atoms with E-state index in [1.165, 1.54) is 11.5 Å². The fourth-order valence-electron chi connectivity index (χ4n) is 0.400. The Kier molecular flexibility index (Phi) is 10.8. The van der Waals surface area contributed by atoms with E-state index in [0.717, 1.165) is 8.61 Å².